The Labute approximate surface area is 161 Å². The van der Waals surface area contributed by atoms with E-state index in [9.17, 15) is 9.59 Å². The highest BCUT2D eigenvalue weighted by Crippen LogP contribution is 2.12. The summed E-state index contributed by atoms with van der Waals surface area (Å²) in [4.78, 5) is 26.1. The lowest BCUT2D eigenvalue weighted by Gasteiger charge is -2.27. The number of morpholine rings is 1. The van der Waals surface area contributed by atoms with Gasteiger partial charge in [-0.25, -0.2) is 4.79 Å². The summed E-state index contributed by atoms with van der Waals surface area (Å²) in [6.07, 6.45) is 1.18. The first-order valence-electron chi connectivity index (χ1n) is 9.76. The van der Waals surface area contributed by atoms with Crippen LogP contribution >= 0.6 is 0 Å². The monoisotopic (exact) mass is 376 g/mol. The van der Waals surface area contributed by atoms with Gasteiger partial charge in [-0.1, -0.05) is 31.2 Å². The fourth-order valence-corrected chi connectivity index (χ4v) is 2.86. The molecule has 1 saturated heterocycles. The summed E-state index contributed by atoms with van der Waals surface area (Å²) in [6.45, 7) is 9.04. The molecule has 0 spiro atoms. The van der Waals surface area contributed by atoms with E-state index in [1.54, 1.807) is 0 Å². The number of benzene rings is 1. The zero-order valence-corrected chi connectivity index (χ0v) is 16.4. The first-order valence-corrected chi connectivity index (χ1v) is 9.76. The maximum Gasteiger partial charge on any atom is 0.315 e. The molecule has 7 nitrogen and oxygen atoms in total. The van der Waals surface area contributed by atoms with E-state index in [4.69, 9.17) is 4.74 Å². The summed E-state index contributed by atoms with van der Waals surface area (Å²) >= 11 is 0. The lowest BCUT2D eigenvalue weighted by Crippen LogP contribution is -2.39. The minimum absolute atomic E-state index is 0.0412. The molecular weight excluding hydrogens is 344 g/mol. The molecule has 0 saturated carbocycles. The van der Waals surface area contributed by atoms with Gasteiger partial charge < -0.3 is 20.7 Å². The Morgan fingerprint density at radius 3 is 2.56 bits per heavy atom. The summed E-state index contributed by atoms with van der Waals surface area (Å²) < 4.78 is 5.39. The van der Waals surface area contributed by atoms with Crippen molar-refractivity contribution in [1.29, 1.82) is 0 Å². The van der Waals surface area contributed by atoms with Gasteiger partial charge >= 0.3 is 6.03 Å². The van der Waals surface area contributed by atoms with E-state index in [2.05, 4.69) is 26.9 Å². The van der Waals surface area contributed by atoms with Crippen molar-refractivity contribution in [3.05, 3.63) is 35.4 Å². The summed E-state index contributed by atoms with van der Waals surface area (Å²) in [5, 5.41) is 8.50. The quantitative estimate of drug-likeness (QED) is 0.612. The van der Waals surface area contributed by atoms with E-state index in [0.29, 0.717) is 13.1 Å². The number of amides is 3. The molecule has 1 atom stereocenters. The molecule has 0 aliphatic carbocycles. The van der Waals surface area contributed by atoms with Crippen LogP contribution in [0.2, 0.25) is 0 Å². The molecule has 27 heavy (non-hydrogen) atoms. The number of urea groups is 1. The van der Waals surface area contributed by atoms with E-state index in [1.165, 1.54) is 5.56 Å². The first kappa shape index (κ1) is 21.2. The highest BCUT2D eigenvalue weighted by molar-refractivity contribution is 5.78. The Bertz CT molecular complexity index is 603. The van der Waals surface area contributed by atoms with E-state index < -0.39 is 0 Å². The van der Waals surface area contributed by atoms with Crippen molar-refractivity contribution in [2.24, 2.45) is 0 Å². The third-order valence-electron chi connectivity index (χ3n) is 4.71. The second kappa shape index (κ2) is 11.6. The van der Waals surface area contributed by atoms with Gasteiger partial charge in [-0.3, -0.25) is 9.69 Å². The molecule has 0 aromatic heterocycles. The maximum absolute atomic E-state index is 12.0. The third-order valence-corrected chi connectivity index (χ3v) is 4.71. The zero-order valence-electron chi connectivity index (χ0n) is 16.4. The Hall–Kier alpha value is -2.12. The van der Waals surface area contributed by atoms with Gasteiger partial charge in [-0.05, 0) is 24.5 Å². The third kappa shape index (κ3) is 7.97. The summed E-state index contributed by atoms with van der Waals surface area (Å²) in [7, 11) is 0. The molecule has 1 aromatic carbocycles. The van der Waals surface area contributed by atoms with Gasteiger partial charge in [0.2, 0.25) is 5.91 Å². The average Bonchev–Trinajstić information content (AvgIpc) is 2.68. The van der Waals surface area contributed by atoms with E-state index in [0.717, 1.165) is 44.8 Å². The molecule has 0 bridgehead atoms. The Balaban J connectivity index is 1.72. The maximum atomic E-state index is 12.0. The van der Waals surface area contributed by atoms with Crippen LogP contribution in [0.4, 0.5) is 4.79 Å². The number of ether oxygens (including phenoxy) is 1. The molecule has 0 unspecified atom stereocenters. The van der Waals surface area contributed by atoms with Crippen LogP contribution in [0.5, 0.6) is 0 Å². The first-order chi connectivity index (χ1) is 13.1. The predicted molar refractivity (Wildman–Crippen MR) is 105 cm³/mol. The Kier molecular flexibility index (Phi) is 9.07. The van der Waals surface area contributed by atoms with Gasteiger partial charge in [-0.2, -0.15) is 0 Å². The Morgan fingerprint density at radius 1 is 1.15 bits per heavy atom. The van der Waals surface area contributed by atoms with Crippen LogP contribution in [-0.2, 0) is 22.6 Å². The van der Waals surface area contributed by atoms with Crippen molar-refractivity contribution < 1.29 is 14.3 Å². The molecule has 1 heterocycles. The van der Waals surface area contributed by atoms with Crippen molar-refractivity contribution >= 4 is 11.9 Å². The summed E-state index contributed by atoms with van der Waals surface area (Å²) in [5.74, 6) is -0.0412. The molecule has 7 heteroatoms. The molecule has 150 valence electrons. The number of carbonyl (C=O) groups is 2. The minimum atomic E-state index is -0.257. The molecule has 0 radical (unpaired) electrons. The highest BCUT2D eigenvalue weighted by Gasteiger charge is 2.13. The number of hydrogen-bond acceptors (Lipinski definition) is 4. The number of nitrogens with zero attached hydrogens (tertiary/aromatic N) is 1. The zero-order chi connectivity index (χ0) is 19.5. The molecular formula is C20H32N4O3. The highest BCUT2D eigenvalue weighted by atomic mass is 16.5. The second-order valence-electron chi connectivity index (χ2n) is 6.89. The van der Waals surface area contributed by atoms with Crippen LogP contribution in [0.1, 0.15) is 37.8 Å². The van der Waals surface area contributed by atoms with Crippen molar-refractivity contribution in [3.8, 4) is 0 Å². The van der Waals surface area contributed by atoms with Crippen molar-refractivity contribution in [2.45, 2.75) is 45.8 Å². The topological polar surface area (TPSA) is 82.7 Å². The van der Waals surface area contributed by atoms with Crippen molar-refractivity contribution in [1.82, 2.24) is 20.9 Å². The molecule has 3 N–H and O–H groups in total. The lowest BCUT2D eigenvalue weighted by molar-refractivity contribution is -0.121. The van der Waals surface area contributed by atoms with Gasteiger partial charge in [0.1, 0.15) is 0 Å². The van der Waals surface area contributed by atoms with Crippen LogP contribution in [-0.4, -0.2) is 55.7 Å². The largest absolute Gasteiger partial charge is 0.379 e. The van der Waals surface area contributed by atoms with Crippen LogP contribution in [0, 0.1) is 0 Å². The standard InChI is InChI=1S/C20H32N4O3/c1-3-16(2)23-19(25)8-9-21-20(26)22-14-17-6-4-5-7-18(17)15-24-10-12-27-13-11-24/h4-7,16H,3,8-15H2,1-2H3,(H,23,25)(H2,21,22,26)/t16-/m1/s1. The summed E-state index contributed by atoms with van der Waals surface area (Å²) in [5.41, 5.74) is 2.32. The molecule has 2 rings (SSSR count). The SMILES string of the molecule is CC[C@@H](C)NC(=O)CCNC(=O)NCc1ccccc1CN1CCOCC1. The number of rotatable bonds is 9. The normalized spacial score (nSPS) is 15.8. The minimum Gasteiger partial charge on any atom is -0.379 e. The molecule has 1 aliphatic heterocycles. The summed E-state index contributed by atoms with van der Waals surface area (Å²) in [6, 6.07) is 8.05. The number of hydrogen-bond donors (Lipinski definition) is 3. The van der Waals surface area contributed by atoms with Gasteiger partial charge in [0.25, 0.3) is 0 Å². The second-order valence-corrected chi connectivity index (χ2v) is 6.89. The van der Waals surface area contributed by atoms with Crippen LogP contribution < -0.4 is 16.0 Å². The van der Waals surface area contributed by atoms with Crippen LogP contribution in [0.15, 0.2) is 24.3 Å². The van der Waals surface area contributed by atoms with Gasteiger partial charge in [0.15, 0.2) is 0 Å². The van der Waals surface area contributed by atoms with Crippen molar-refractivity contribution in [3.63, 3.8) is 0 Å². The molecule has 1 aromatic rings. The fourth-order valence-electron chi connectivity index (χ4n) is 2.86. The van der Waals surface area contributed by atoms with Crippen LogP contribution in [0.25, 0.3) is 0 Å². The average molecular weight is 377 g/mol. The van der Waals surface area contributed by atoms with Gasteiger partial charge in [-0.15, -0.1) is 0 Å². The predicted octanol–water partition coefficient (Wildman–Crippen LogP) is 1.62. The number of nitrogens with one attached hydrogen (secondary N) is 3. The van der Waals surface area contributed by atoms with E-state index in [-0.39, 0.29) is 24.4 Å². The van der Waals surface area contributed by atoms with E-state index >= 15 is 0 Å². The van der Waals surface area contributed by atoms with Crippen molar-refractivity contribution in [2.75, 3.05) is 32.8 Å². The fraction of sp³-hybridized carbons (Fsp3) is 0.600. The smallest absolute Gasteiger partial charge is 0.315 e. The van der Waals surface area contributed by atoms with Crippen LogP contribution in [0.3, 0.4) is 0 Å². The number of carbonyl (C=O) groups excluding carboxylic acids is 2. The lowest BCUT2D eigenvalue weighted by atomic mass is 10.1. The Morgan fingerprint density at radius 2 is 1.85 bits per heavy atom. The van der Waals surface area contributed by atoms with Gasteiger partial charge in [0, 0.05) is 45.2 Å². The van der Waals surface area contributed by atoms with Gasteiger partial charge in [0.05, 0.1) is 13.2 Å². The molecule has 3 amide bonds. The molecule has 1 aliphatic rings. The molecule has 1 fully saturated rings. The van der Waals surface area contributed by atoms with E-state index in [1.807, 2.05) is 32.0 Å².